The molecule has 7 nitrogen and oxygen atoms in total. The Bertz CT molecular complexity index is 755. The lowest BCUT2D eigenvalue weighted by Crippen LogP contribution is -2.25. The number of hydrogen-bond acceptors (Lipinski definition) is 7. The third-order valence-corrected chi connectivity index (χ3v) is 5.60. The molecule has 0 spiro atoms. The van der Waals surface area contributed by atoms with Gasteiger partial charge in [0.15, 0.2) is 5.13 Å². The number of nitrogens with one attached hydrogen (secondary N) is 2. The number of thiazole rings is 1. The molecule has 126 valence electrons. The summed E-state index contributed by atoms with van der Waals surface area (Å²) < 4.78 is 4.79. The Morgan fingerprint density at radius 3 is 3.04 bits per heavy atom. The maximum absolute atomic E-state index is 11.8. The fraction of sp³-hybridized carbons (Fsp3) is 0.438. The van der Waals surface area contributed by atoms with Crippen LogP contribution < -0.4 is 10.6 Å². The van der Waals surface area contributed by atoms with Crippen LogP contribution in [0.15, 0.2) is 28.9 Å². The van der Waals surface area contributed by atoms with Crippen LogP contribution in [0.1, 0.15) is 28.3 Å². The largest absolute Gasteiger partial charge is 0.492 e. The van der Waals surface area contributed by atoms with E-state index in [2.05, 4.69) is 32.9 Å². The number of anilines is 1. The van der Waals surface area contributed by atoms with Crippen molar-refractivity contribution in [2.45, 2.75) is 25.3 Å². The van der Waals surface area contributed by atoms with Crippen molar-refractivity contribution in [1.82, 2.24) is 15.5 Å². The minimum Gasteiger partial charge on any atom is -0.492 e. The van der Waals surface area contributed by atoms with Crippen LogP contribution in [-0.2, 0) is 6.42 Å². The number of aromatic hydroxyl groups is 1. The second-order valence-corrected chi connectivity index (χ2v) is 7.26. The van der Waals surface area contributed by atoms with Gasteiger partial charge in [0.25, 0.3) is 5.91 Å². The van der Waals surface area contributed by atoms with Crippen molar-refractivity contribution in [3.05, 3.63) is 35.1 Å². The number of allylic oxidation sites excluding steroid dienone is 1. The number of aromatic nitrogens is 2. The minimum absolute atomic E-state index is 0.0371. The van der Waals surface area contributed by atoms with E-state index in [1.54, 1.807) is 0 Å². The van der Waals surface area contributed by atoms with Crippen molar-refractivity contribution >= 4 is 22.4 Å². The van der Waals surface area contributed by atoms with E-state index < -0.39 is 0 Å². The lowest BCUT2D eigenvalue weighted by atomic mass is 10.0. The van der Waals surface area contributed by atoms with E-state index in [-0.39, 0.29) is 17.5 Å². The zero-order chi connectivity index (χ0) is 16.5. The predicted molar refractivity (Wildman–Crippen MR) is 89.1 cm³/mol. The van der Waals surface area contributed by atoms with Crippen LogP contribution in [0.3, 0.4) is 0 Å². The van der Waals surface area contributed by atoms with Gasteiger partial charge in [-0.25, -0.2) is 0 Å². The fourth-order valence-electron chi connectivity index (χ4n) is 3.38. The van der Waals surface area contributed by atoms with Crippen molar-refractivity contribution in [3.8, 4) is 5.88 Å². The third-order valence-electron chi connectivity index (χ3n) is 4.56. The second kappa shape index (κ2) is 6.27. The Morgan fingerprint density at radius 2 is 2.33 bits per heavy atom. The third kappa shape index (κ3) is 3.01. The van der Waals surface area contributed by atoms with E-state index in [4.69, 9.17) is 4.52 Å². The van der Waals surface area contributed by atoms with Crippen LogP contribution in [-0.4, -0.2) is 33.7 Å². The van der Waals surface area contributed by atoms with Crippen LogP contribution >= 0.6 is 11.3 Å². The van der Waals surface area contributed by atoms with Crippen LogP contribution in [0.2, 0.25) is 0 Å². The number of carbonyl (C=O) groups excluding carboxylic acids is 1. The summed E-state index contributed by atoms with van der Waals surface area (Å²) in [5.74, 6) is 1.16. The summed E-state index contributed by atoms with van der Waals surface area (Å²) in [5, 5.41) is 20.4. The van der Waals surface area contributed by atoms with Gasteiger partial charge in [0.1, 0.15) is 0 Å². The Hall–Kier alpha value is -2.35. The van der Waals surface area contributed by atoms with E-state index >= 15 is 0 Å². The lowest BCUT2D eigenvalue weighted by Gasteiger charge is -2.18. The number of fused-ring (bicyclic) bond motifs is 2. The van der Waals surface area contributed by atoms with Gasteiger partial charge in [0.05, 0.1) is 11.1 Å². The summed E-state index contributed by atoms with van der Waals surface area (Å²) in [4.78, 5) is 16.7. The molecule has 0 aliphatic heterocycles. The second-order valence-electron chi connectivity index (χ2n) is 6.18. The molecule has 3 atom stereocenters. The van der Waals surface area contributed by atoms with Gasteiger partial charge in [-0.1, -0.05) is 28.6 Å². The van der Waals surface area contributed by atoms with Gasteiger partial charge in [0.2, 0.25) is 11.6 Å². The van der Waals surface area contributed by atoms with Crippen LogP contribution in [0, 0.1) is 11.8 Å². The van der Waals surface area contributed by atoms with Crippen molar-refractivity contribution in [3.63, 3.8) is 0 Å². The number of hydrogen-bond donors (Lipinski definition) is 3. The van der Waals surface area contributed by atoms with Crippen LogP contribution in [0.25, 0.3) is 0 Å². The summed E-state index contributed by atoms with van der Waals surface area (Å²) in [7, 11) is 0. The molecule has 8 heteroatoms. The topological polar surface area (TPSA) is 100 Å². The molecule has 3 N–H and O–H groups in total. The van der Waals surface area contributed by atoms with Gasteiger partial charge in [-0.2, -0.15) is 4.98 Å². The maximum Gasteiger partial charge on any atom is 0.289 e. The number of carbonyl (C=O) groups is 1. The fourth-order valence-corrected chi connectivity index (χ4v) is 4.30. The molecule has 1 saturated carbocycles. The molecule has 0 saturated heterocycles. The zero-order valence-electron chi connectivity index (χ0n) is 12.9. The Kier molecular flexibility index (Phi) is 3.97. The van der Waals surface area contributed by atoms with Crippen molar-refractivity contribution in [2.24, 2.45) is 11.8 Å². The van der Waals surface area contributed by atoms with Gasteiger partial charge in [-0.05, 0) is 24.7 Å². The number of amides is 1. The predicted octanol–water partition coefficient (Wildman–Crippen LogP) is 2.19. The molecule has 2 aliphatic carbocycles. The van der Waals surface area contributed by atoms with Gasteiger partial charge in [-0.3, -0.25) is 4.79 Å². The molecular formula is C16H18N4O3S. The molecule has 2 aliphatic rings. The van der Waals surface area contributed by atoms with E-state index in [1.165, 1.54) is 30.0 Å². The molecule has 2 aromatic rings. The smallest absolute Gasteiger partial charge is 0.289 e. The molecule has 4 rings (SSSR count). The Labute approximate surface area is 142 Å². The van der Waals surface area contributed by atoms with Crippen LogP contribution in [0.5, 0.6) is 5.88 Å². The minimum atomic E-state index is -0.316. The average molecular weight is 346 g/mol. The van der Waals surface area contributed by atoms with Gasteiger partial charge < -0.3 is 20.3 Å². The van der Waals surface area contributed by atoms with Crippen LogP contribution in [0.4, 0.5) is 5.13 Å². The summed E-state index contributed by atoms with van der Waals surface area (Å²) in [5.41, 5.74) is 0. The Balaban J connectivity index is 1.31. The summed E-state index contributed by atoms with van der Waals surface area (Å²) in [6, 6.07) is 1.91. The quantitative estimate of drug-likeness (QED) is 0.693. The first-order valence-corrected chi connectivity index (χ1v) is 8.83. The highest BCUT2D eigenvalue weighted by Gasteiger charge is 2.36. The monoisotopic (exact) mass is 346 g/mol. The van der Waals surface area contributed by atoms with Crippen molar-refractivity contribution in [1.29, 1.82) is 0 Å². The molecule has 2 heterocycles. The van der Waals surface area contributed by atoms with Crippen molar-refractivity contribution in [2.75, 3.05) is 11.9 Å². The van der Waals surface area contributed by atoms with E-state index in [0.717, 1.165) is 16.4 Å². The van der Waals surface area contributed by atoms with Gasteiger partial charge >= 0.3 is 0 Å². The highest BCUT2D eigenvalue weighted by Crippen LogP contribution is 2.41. The summed E-state index contributed by atoms with van der Waals surface area (Å²) in [6.45, 7) is 0.394. The first-order valence-electron chi connectivity index (χ1n) is 8.01. The molecule has 1 fully saturated rings. The van der Waals surface area contributed by atoms with Crippen molar-refractivity contribution < 1.29 is 14.4 Å². The first-order chi connectivity index (χ1) is 11.7. The van der Waals surface area contributed by atoms with Gasteiger partial charge in [0, 0.05) is 25.1 Å². The molecule has 2 bridgehead atoms. The molecule has 3 unspecified atom stereocenters. The molecule has 0 radical (unpaired) electrons. The van der Waals surface area contributed by atoms with E-state index in [9.17, 15) is 9.90 Å². The highest BCUT2D eigenvalue weighted by atomic mass is 32.1. The normalized spacial score (nSPS) is 24.4. The Morgan fingerprint density at radius 1 is 1.42 bits per heavy atom. The number of rotatable bonds is 6. The van der Waals surface area contributed by atoms with E-state index in [0.29, 0.717) is 30.8 Å². The molecule has 24 heavy (non-hydrogen) atoms. The van der Waals surface area contributed by atoms with E-state index in [1.807, 2.05) is 0 Å². The molecule has 0 aromatic carbocycles. The standard InChI is InChI=1S/C16H18N4O3S/c21-14(12-3-6-18-23-12)17-5-4-13-15(22)20-16(24-13)19-11-8-9-1-2-10(11)7-9/h1-3,6,9-11,22H,4-5,7-8H2,(H,17,21)(H,19,20). The average Bonchev–Trinajstić information content (AvgIpc) is 3.32. The molecule has 1 amide bonds. The molecular weight excluding hydrogens is 328 g/mol. The summed E-state index contributed by atoms with van der Waals surface area (Å²) in [6.07, 6.45) is 8.86. The zero-order valence-corrected chi connectivity index (χ0v) is 13.8. The SMILES string of the molecule is O=C(NCCc1sc(NC2CC3C=CC2C3)nc1O)c1ccno1. The summed E-state index contributed by atoms with van der Waals surface area (Å²) >= 11 is 1.44. The highest BCUT2D eigenvalue weighted by molar-refractivity contribution is 7.15. The van der Waals surface area contributed by atoms with Gasteiger partial charge in [-0.15, -0.1) is 0 Å². The first kappa shape index (κ1) is 15.2. The maximum atomic E-state index is 11.8. The lowest BCUT2D eigenvalue weighted by molar-refractivity contribution is 0.0917. The number of nitrogens with zero attached hydrogens (tertiary/aromatic N) is 2. The molecule has 2 aromatic heterocycles.